The van der Waals surface area contributed by atoms with E-state index < -0.39 is 39.1 Å². The SMILES string of the molecule is CC(C)c1cc(F)c(F)c(C(C)C)c1CC(=O)N=S(N)(=O)c1nc(C(C)(N)O)cs1. The van der Waals surface area contributed by atoms with Gasteiger partial charge in [0.2, 0.25) is 4.34 Å². The Morgan fingerprint density at radius 1 is 1.33 bits per heavy atom. The predicted octanol–water partition coefficient (Wildman–Crippen LogP) is 3.26. The molecule has 0 bridgehead atoms. The lowest BCUT2D eigenvalue weighted by Crippen LogP contribution is -2.32. The first-order valence-corrected chi connectivity index (χ1v) is 11.7. The lowest BCUT2D eigenvalue weighted by Gasteiger charge is -2.20. The number of benzene rings is 1. The van der Waals surface area contributed by atoms with Gasteiger partial charge in [0.15, 0.2) is 27.3 Å². The third kappa shape index (κ3) is 5.27. The topological polar surface area (TPSA) is 132 Å². The minimum atomic E-state index is -3.71. The van der Waals surface area contributed by atoms with Crippen LogP contribution in [0.4, 0.5) is 8.78 Å². The van der Waals surface area contributed by atoms with Crippen LogP contribution in [0.5, 0.6) is 0 Å². The molecule has 0 aliphatic rings. The van der Waals surface area contributed by atoms with E-state index in [0.717, 1.165) is 17.4 Å². The summed E-state index contributed by atoms with van der Waals surface area (Å²) in [6.07, 6.45) is -0.390. The third-order valence-corrected chi connectivity index (χ3v) is 7.12. The van der Waals surface area contributed by atoms with Crippen LogP contribution in [-0.2, 0) is 26.9 Å². The number of nitrogens with zero attached hydrogens (tertiary/aromatic N) is 2. The highest BCUT2D eigenvalue weighted by atomic mass is 32.2. The van der Waals surface area contributed by atoms with E-state index in [9.17, 15) is 22.9 Å². The smallest absolute Gasteiger partial charge is 0.259 e. The van der Waals surface area contributed by atoms with Crippen LogP contribution < -0.4 is 10.9 Å². The van der Waals surface area contributed by atoms with Gasteiger partial charge in [0, 0.05) is 5.38 Å². The van der Waals surface area contributed by atoms with Crippen molar-refractivity contribution in [3.8, 4) is 0 Å². The van der Waals surface area contributed by atoms with Gasteiger partial charge in [-0.25, -0.2) is 23.1 Å². The van der Waals surface area contributed by atoms with E-state index in [0.29, 0.717) is 11.1 Å². The molecule has 7 nitrogen and oxygen atoms in total. The molecule has 1 amide bonds. The van der Waals surface area contributed by atoms with Gasteiger partial charge in [-0.3, -0.25) is 10.5 Å². The van der Waals surface area contributed by atoms with E-state index >= 15 is 0 Å². The van der Waals surface area contributed by atoms with Crippen LogP contribution >= 0.6 is 11.3 Å². The van der Waals surface area contributed by atoms with Gasteiger partial charge < -0.3 is 5.11 Å². The Balaban J connectivity index is 2.50. The second-order valence-corrected chi connectivity index (χ2v) is 10.7. The molecule has 2 unspecified atom stereocenters. The Morgan fingerprint density at radius 3 is 2.40 bits per heavy atom. The number of nitrogens with two attached hydrogens (primary N) is 2. The standard InChI is InChI=1S/C19H26F2N4O3S2/c1-9(2)11-6-13(20)17(21)16(10(3)4)12(11)7-15(26)25-30(23,28)18-24-14(8-29-18)19(5,22)27/h6,8-10,27H,7,22H2,1-5H3,(H2,23,25,26,28). The summed E-state index contributed by atoms with van der Waals surface area (Å²) in [7, 11) is -3.71. The van der Waals surface area contributed by atoms with E-state index in [4.69, 9.17) is 10.9 Å². The summed E-state index contributed by atoms with van der Waals surface area (Å²) in [5.41, 5.74) is 4.67. The highest BCUT2D eigenvalue weighted by Crippen LogP contribution is 2.32. The van der Waals surface area contributed by atoms with Crippen molar-refractivity contribution in [1.29, 1.82) is 0 Å². The monoisotopic (exact) mass is 460 g/mol. The normalized spacial score (nSPS) is 15.9. The Morgan fingerprint density at radius 2 is 1.93 bits per heavy atom. The Kier molecular flexibility index (Phi) is 7.14. The van der Waals surface area contributed by atoms with E-state index in [1.54, 1.807) is 27.7 Å². The summed E-state index contributed by atoms with van der Waals surface area (Å²) in [6, 6.07) is 1.07. The molecule has 1 aromatic heterocycles. The molecule has 1 aromatic carbocycles. The maximum atomic E-state index is 14.5. The first-order valence-electron chi connectivity index (χ1n) is 9.20. The number of thiazole rings is 1. The summed E-state index contributed by atoms with van der Waals surface area (Å²) in [5, 5.41) is 16.9. The summed E-state index contributed by atoms with van der Waals surface area (Å²) in [6.45, 7) is 8.26. The molecule has 0 radical (unpaired) electrons. The molecule has 1 heterocycles. The fourth-order valence-corrected chi connectivity index (χ4v) is 5.15. The van der Waals surface area contributed by atoms with E-state index in [2.05, 4.69) is 9.35 Å². The van der Waals surface area contributed by atoms with Crippen molar-refractivity contribution in [2.45, 2.75) is 62.9 Å². The van der Waals surface area contributed by atoms with Crippen LogP contribution in [0.3, 0.4) is 0 Å². The number of carbonyl (C=O) groups excluding carboxylic acids is 1. The van der Waals surface area contributed by atoms with Gasteiger partial charge in [-0.2, -0.15) is 0 Å². The molecule has 0 fully saturated rings. The molecule has 30 heavy (non-hydrogen) atoms. The first kappa shape index (κ1) is 24.5. The molecule has 11 heteroatoms. The lowest BCUT2D eigenvalue weighted by molar-refractivity contribution is -0.117. The number of halogens is 2. The summed E-state index contributed by atoms with van der Waals surface area (Å²) < 4.78 is 44.8. The van der Waals surface area contributed by atoms with Crippen molar-refractivity contribution in [3.05, 3.63) is 45.5 Å². The molecule has 0 saturated heterocycles. The van der Waals surface area contributed by atoms with Crippen molar-refractivity contribution < 1.29 is 22.9 Å². The molecular formula is C19H26F2N4O3S2. The molecule has 0 spiro atoms. The van der Waals surface area contributed by atoms with Gasteiger partial charge in [-0.05, 0) is 41.5 Å². The number of aliphatic hydroxyl groups is 1. The van der Waals surface area contributed by atoms with E-state index in [1.807, 2.05) is 0 Å². The molecule has 2 atom stereocenters. The van der Waals surface area contributed by atoms with Crippen LogP contribution in [0.2, 0.25) is 0 Å². The average Bonchev–Trinajstić information content (AvgIpc) is 3.08. The number of aromatic nitrogens is 1. The maximum Gasteiger partial charge on any atom is 0.259 e. The Labute approximate surface area is 178 Å². The minimum Gasteiger partial charge on any atom is -0.370 e. The summed E-state index contributed by atoms with van der Waals surface area (Å²) in [5.74, 6) is -3.43. The van der Waals surface area contributed by atoms with Crippen molar-refractivity contribution in [2.24, 2.45) is 15.2 Å². The van der Waals surface area contributed by atoms with Crippen molar-refractivity contribution in [2.75, 3.05) is 0 Å². The van der Waals surface area contributed by atoms with Crippen LogP contribution in [0.1, 0.15) is 68.8 Å². The molecule has 2 aromatic rings. The van der Waals surface area contributed by atoms with Gasteiger partial charge in [-0.15, -0.1) is 15.7 Å². The van der Waals surface area contributed by atoms with Crippen LogP contribution in [0.25, 0.3) is 0 Å². The zero-order valence-corrected chi connectivity index (χ0v) is 19.0. The van der Waals surface area contributed by atoms with Crippen molar-refractivity contribution in [3.63, 3.8) is 0 Å². The number of hydrogen-bond acceptors (Lipinski definition) is 6. The molecule has 2 rings (SSSR count). The molecule has 0 aliphatic heterocycles. The van der Waals surface area contributed by atoms with Gasteiger partial charge >= 0.3 is 0 Å². The van der Waals surface area contributed by atoms with E-state index in [1.165, 1.54) is 12.3 Å². The Hall–Kier alpha value is -1.79. The quantitative estimate of drug-likeness (QED) is 0.569. The highest BCUT2D eigenvalue weighted by Gasteiger charge is 2.26. The van der Waals surface area contributed by atoms with Gasteiger partial charge in [-0.1, -0.05) is 27.7 Å². The molecule has 5 N–H and O–H groups in total. The van der Waals surface area contributed by atoms with Crippen molar-refractivity contribution in [1.82, 2.24) is 4.98 Å². The second-order valence-electron chi connectivity index (χ2n) is 7.84. The minimum absolute atomic E-state index is 0.0353. The number of hydrogen-bond donors (Lipinski definition) is 3. The molecular weight excluding hydrogens is 434 g/mol. The van der Waals surface area contributed by atoms with Crippen LogP contribution in [0, 0.1) is 11.6 Å². The fraction of sp³-hybridized carbons (Fsp3) is 0.474. The lowest BCUT2D eigenvalue weighted by atomic mass is 9.86. The van der Waals surface area contributed by atoms with E-state index in [-0.39, 0.29) is 27.9 Å². The Bertz CT molecular complexity index is 1080. The average molecular weight is 461 g/mol. The fourth-order valence-electron chi connectivity index (χ4n) is 3.02. The number of rotatable bonds is 6. The second kappa shape index (κ2) is 8.75. The van der Waals surface area contributed by atoms with Crippen LogP contribution in [-0.4, -0.2) is 20.2 Å². The molecule has 0 saturated carbocycles. The molecule has 166 valence electrons. The number of amides is 1. The zero-order valence-electron chi connectivity index (χ0n) is 17.4. The van der Waals surface area contributed by atoms with Gasteiger partial charge in [0.25, 0.3) is 5.91 Å². The largest absolute Gasteiger partial charge is 0.370 e. The number of carbonyl (C=O) groups is 1. The van der Waals surface area contributed by atoms with Crippen LogP contribution in [0.15, 0.2) is 20.1 Å². The highest BCUT2D eigenvalue weighted by molar-refractivity contribution is 7.93. The van der Waals surface area contributed by atoms with Gasteiger partial charge in [0.1, 0.15) is 0 Å². The third-order valence-electron chi connectivity index (χ3n) is 4.42. The maximum absolute atomic E-state index is 14.5. The van der Waals surface area contributed by atoms with Crippen molar-refractivity contribution >= 4 is 27.2 Å². The summed E-state index contributed by atoms with van der Waals surface area (Å²) >= 11 is 0.845. The zero-order chi connectivity index (χ0) is 23.0. The molecule has 0 aliphatic carbocycles. The van der Waals surface area contributed by atoms with Gasteiger partial charge in [0.05, 0.1) is 12.1 Å². The first-order chi connectivity index (χ1) is 13.6. The summed E-state index contributed by atoms with van der Waals surface area (Å²) in [4.78, 5) is 16.5. The predicted molar refractivity (Wildman–Crippen MR) is 112 cm³/mol.